The van der Waals surface area contributed by atoms with Crippen LogP contribution in [0.15, 0.2) is 24.3 Å². The number of benzene rings is 1. The second kappa shape index (κ2) is 8.74. The maximum absolute atomic E-state index is 13.2. The number of hydrogen-bond acceptors (Lipinski definition) is 7. The number of ether oxygens (including phenoxy) is 1. The molecule has 9 heteroatoms. The van der Waals surface area contributed by atoms with Crippen LogP contribution in [-0.2, 0) is 29.0 Å². The molecule has 0 aliphatic heterocycles. The third-order valence-electron chi connectivity index (χ3n) is 4.98. The van der Waals surface area contributed by atoms with Gasteiger partial charge in [-0.25, -0.2) is 14.4 Å². The van der Waals surface area contributed by atoms with Crippen molar-refractivity contribution in [2.45, 2.75) is 38.7 Å². The number of esters is 1. The molecule has 0 spiro atoms. The first-order valence-electron chi connectivity index (χ1n) is 9.77. The fraction of sp³-hybridized carbons (Fsp3) is 0.333. The number of carbonyl (C=O) groups is 2. The molecule has 0 bridgehead atoms. The summed E-state index contributed by atoms with van der Waals surface area (Å²) in [5.74, 6) is -1.01. The van der Waals surface area contributed by atoms with Crippen LogP contribution in [0.3, 0.4) is 0 Å². The van der Waals surface area contributed by atoms with Gasteiger partial charge in [0.25, 0.3) is 5.91 Å². The molecular weight excluding hydrogens is 407 g/mol. The highest BCUT2D eigenvalue weighted by Gasteiger charge is 2.19. The van der Waals surface area contributed by atoms with Gasteiger partial charge in [0.15, 0.2) is 12.4 Å². The Hall–Kier alpha value is -3.07. The summed E-state index contributed by atoms with van der Waals surface area (Å²) in [4.78, 5) is 34.9. The molecule has 4 rings (SSSR count). The van der Waals surface area contributed by atoms with Gasteiger partial charge in [-0.3, -0.25) is 9.59 Å². The quantitative estimate of drug-likeness (QED) is 0.478. The smallest absolute Gasteiger partial charge is 0.325 e. The normalized spacial score (nSPS) is 13.5. The fourth-order valence-corrected chi connectivity index (χ4v) is 4.84. The molecule has 0 saturated carbocycles. The van der Waals surface area contributed by atoms with E-state index in [9.17, 15) is 14.0 Å². The standard InChI is InChI=1S/C21H21FN4O3S/c22-13-6-4-5-12(9-13)20(28)24-10-17(27)29-11-16-25-19(23)18-14-7-2-1-3-8-15(14)30-21(18)26-16/h4-6,9H,1-3,7-8,10-11H2,(H,24,28)(H2,23,25,26). The molecule has 1 aliphatic carbocycles. The second-order valence-corrected chi connectivity index (χ2v) is 8.21. The number of hydrogen-bond donors (Lipinski definition) is 2. The van der Waals surface area contributed by atoms with Crippen LogP contribution in [0.2, 0.25) is 0 Å². The fourth-order valence-electron chi connectivity index (χ4n) is 3.55. The van der Waals surface area contributed by atoms with Gasteiger partial charge in [-0.2, -0.15) is 0 Å². The van der Waals surface area contributed by atoms with E-state index in [1.54, 1.807) is 11.3 Å². The van der Waals surface area contributed by atoms with E-state index in [1.165, 1.54) is 41.5 Å². The molecule has 0 unspecified atom stereocenters. The third kappa shape index (κ3) is 4.40. The van der Waals surface area contributed by atoms with E-state index in [1.807, 2.05) is 0 Å². The molecule has 156 valence electrons. The number of anilines is 1. The number of aromatic nitrogens is 2. The molecule has 0 atom stereocenters. The summed E-state index contributed by atoms with van der Waals surface area (Å²) >= 11 is 1.63. The van der Waals surface area contributed by atoms with Crippen molar-refractivity contribution in [2.75, 3.05) is 12.3 Å². The summed E-state index contributed by atoms with van der Waals surface area (Å²) < 4.78 is 18.3. The van der Waals surface area contributed by atoms with Gasteiger partial charge in [0.1, 0.15) is 23.0 Å². The van der Waals surface area contributed by atoms with E-state index in [4.69, 9.17) is 10.5 Å². The zero-order valence-corrected chi connectivity index (χ0v) is 17.1. The van der Waals surface area contributed by atoms with E-state index in [2.05, 4.69) is 15.3 Å². The van der Waals surface area contributed by atoms with E-state index in [0.717, 1.165) is 35.5 Å². The van der Waals surface area contributed by atoms with Crippen LogP contribution < -0.4 is 11.1 Å². The van der Waals surface area contributed by atoms with Gasteiger partial charge in [-0.1, -0.05) is 12.5 Å². The van der Waals surface area contributed by atoms with Crippen LogP contribution in [0.5, 0.6) is 0 Å². The minimum absolute atomic E-state index is 0.127. The first-order valence-corrected chi connectivity index (χ1v) is 10.6. The Labute approximate surface area is 176 Å². The van der Waals surface area contributed by atoms with Crippen molar-refractivity contribution < 1.29 is 18.7 Å². The number of fused-ring (bicyclic) bond motifs is 3. The van der Waals surface area contributed by atoms with Crippen molar-refractivity contribution >= 4 is 39.2 Å². The zero-order valence-electron chi connectivity index (χ0n) is 16.2. The van der Waals surface area contributed by atoms with Crippen molar-refractivity contribution in [1.29, 1.82) is 0 Å². The van der Waals surface area contributed by atoms with E-state index in [-0.39, 0.29) is 18.7 Å². The number of rotatable bonds is 5. The van der Waals surface area contributed by atoms with Crippen molar-refractivity contribution in [3.05, 3.63) is 51.9 Å². The molecule has 0 fully saturated rings. The predicted molar refractivity (Wildman–Crippen MR) is 112 cm³/mol. The summed E-state index contributed by atoms with van der Waals surface area (Å²) in [7, 11) is 0. The Morgan fingerprint density at radius 3 is 2.87 bits per heavy atom. The van der Waals surface area contributed by atoms with Gasteiger partial charge in [0.2, 0.25) is 0 Å². The number of carbonyl (C=O) groups excluding carboxylic acids is 2. The lowest BCUT2D eigenvalue weighted by atomic mass is 10.1. The minimum atomic E-state index is -0.649. The summed E-state index contributed by atoms with van der Waals surface area (Å²) in [5, 5.41) is 3.32. The average Bonchev–Trinajstić information content (AvgIpc) is 2.92. The maximum atomic E-state index is 13.2. The molecule has 30 heavy (non-hydrogen) atoms. The molecule has 1 aromatic carbocycles. The van der Waals surface area contributed by atoms with Crippen LogP contribution in [0.1, 0.15) is 45.9 Å². The molecule has 2 heterocycles. The number of amides is 1. The van der Waals surface area contributed by atoms with Crippen molar-refractivity contribution in [2.24, 2.45) is 0 Å². The van der Waals surface area contributed by atoms with Gasteiger partial charge in [-0.15, -0.1) is 11.3 Å². The number of nitrogens with zero attached hydrogens (tertiary/aromatic N) is 2. The van der Waals surface area contributed by atoms with E-state index < -0.39 is 17.7 Å². The van der Waals surface area contributed by atoms with Crippen LogP contribution in [-0.4, -0.2) is 28.4 Å². The molecule has 3 aromatic rings. The van der Waals surface area contributed by atoms with Crippen LogP contribution >= 0.6 is 11.3 Å². The summed E-state index contributed by atoms with van der Waals surface area (Å²) in [6, 6.07) is 5.21. The van der Waals surface area contributed by atoms with Crippen LogP contribution in [0.4, 0.5) is 10.2 Å². The van der Waals surface area contributed by atoms with Gasteiger partial charge in [0, 0.05) is 10.4 Å². The van der Waals surface area contributed by atoms with E-state index >= 15 is 0 Å². The lowest BCUT2D eigenvalue weighted by molar-refractivity contribution is -0.143. The predicted octanol–water partition coefficient (Wildman–Crippen LogP) is 3.15. The lowest BCUT2D eigenvalue weighted by Crippen LogP contribution is -2.30. The Bertz CT molecular complexity index is 1120. The zero-order chi connectivity index (χ0) is 21.1. The number of aryl methyl sites for hydroxylation is 2. The number of nitrogens with two attached hydrogens (primary N) is 1. The molecule has 3 N–H and O–H groups in total. The Morgan fingerprint density at radius 2 is 2.03 bits per heavy atom. The lowest BCUT2D eigenvalue weighted by Gasteiger charge is -2.07. The molecular formula is C21H21FN4O3S. The minimum Gasteiger partial charge on any atom is -0.456 e. The molecule has 0 saturated heterocycles. The van der Waals surface area contributed by atoms with Gasteiger partial charge in [0.05, 0.1) is 5.39 Å². The first kappa shape index (κ1) is 20.2. The average molecular weight is 428 g/mol. The highest BCUT2D eigenvalue weighted by atomic mass is 32.1. The van der Waals surface area contributed by atoms with Crippen LogP contribution in [0.25, 0.3) is 10.2 Å². The second-order valence-electron chi connectivity index (χ2n) is 7.12. The van der Waals surface area contributed by atoms with Crippen molar-refractivity contribution in [1.82, 2.24) is 15.3 Å². The van der Waals surface area contributed by atoms with E-state index in [0.29, 0.717) is 11.6 Å². The Kier molecular flexibility index (Phi) is 5.89. The number of thiophene rings is 1. The van der Waals surface area contributed by atoms with Gasteiger partial charge >= 0.3 is 5.97 Å². The topological polar surface area (TPSA) is 107 Å². The first-order chi connectivity index (χ1) is 14.5. The summed E-state index contributed by atoms with van der Waals surface area (Å²) in [6.07, 6.45) is 5.54. The number of nitrogen functional groups attached to an aromatic ring is 1. The Balaban J connectivity index is 1.37. The van der Waals surface area contributed by atoms with Gasteiger partial charge in [-0.05, 0) is 49.4 Å². The molecule has 0 radical (unpaired) electrons. The summed E-state index contributed by atoms with van der Waals surface area (Å²) in [5.41, 5.74) is 7.57. The number of halogens is 1. The third-order valence-corrected chi connectivity index (χ3v) is 6.17. The van der Waals surface area contributed by atoms with Crippen molar-refractivity contribution in [3.8, 4) is 0 Å². The highest BCUT2D eigenvalue weighted by Crippen LogP contribution is 2.37. The molecule has 1 aliphatic rings. The SMILES string of the molecule is Nc1nc(COC(=O)CNC(=O)c2cccc(F)c2)nc2sc3c(c12)CCCCC3. The Morgan fingerprint density at radius 1 is 1.20 bits per heavy atom. The molecule has 1 amide bonds. The largest absolute Gasteiger partial charge is 0.456 e. The molecule has 2 aromatic heterocycles. The molecule has 7 nitrogen and oxygen atoms in total. The highest BCUT2D eigenvalue weighted by molar-refractivity contribution is 7.19. The van der Waals surface area contributed by atoms with Crippen molar-refractivity contribution in [3.63, 3.8) is 0 Å². The maximum Gasteiger partial charge on any atom is 0.325 e. The summed E-state index contributed by atoms with van der Waals surface area (Å²) in [6.45, 7) is -0.488. The van der Waals surface area contributed by atoms with Crippen LogP contribution in [0, 0.1) is 5.82 Å². The monoisotopic (exact) mass is 428 g/mol. The van der Waals surface area contributed by atoms with Gasteiger partial charge < -0.3 is 15.8 Å². The number of nitrogens with one attached hydrogen (secondary N) is 1.